The molecule has 0 heterocycles. The topological polar surface area (TPSA) is 26.0 Å². The Morgan fingerprint density at radius 3 is 2.67 bits per heavy atom. The summed E-state index contributed by atoms with van der Waals surface area (Å²) in [5.74, 6) is 0. The van der Waals surface area contributed by atoms with Crippen LogP contribution >= 0.6 is 23.2 Å². The van der Waals surface area contributed by atoms with E-state index in [1.165, 1.54) is 0 Å². The summed E-state index contributed by atoms with van der Waals surface area (Å²) in [6.07, 6.45) is 1.84. The highest BCUT2D eigenvalue weighted by Crippen LogP contribution is 2.21. The zero-order valence-corrected chi connectivity index (χ0v) is 8.20. The van der Waals surface area contributed by atoms with Crippen LogP contribution in [-0.2, 0) is 6.42 Å². The minimum Gasteiger partial charge on any atom is -0.330 e. The number of nitrogens with two attached hydrogens (primary N) is 1. The van der Waals surface area contributed by atoms with Crippen LogP contribution in [0.5, 0.6) is 0 Å². The maximum Gasteiger partial charge on any atom is 0.0439 e. The summed E-state index contributed by atoms with van der Waals surface area (Å²) < 4.78 is 0. The standard InChI is InChI=1S/C9H11Cl2N/c10-8-3-4-9(11)7(6-8)2-1-5-12/h3-4,6H,1-2,5,12H2. The summed E-state index contributed by atoms with van der Waals surface area (Å²) in [7, 11) is 0. The van der Waals surface area contributed by atoms with E-state index >= 15 is 0 Å². The van der Waals surface area contributed by atoms with E-state index in [-0.39, 0.29) is 0 Å². The smallest absolute Gasteiger partial charge is 0.0439 e. The molecule has 0 bridgehead atoms. The molecule has 0 aliphatic heterocycles. The predicted octanol–water partition coefficient (Wildman–Crippen LogP) is 2.88. The summed E-state index contributed by atoms with van der Waals surface area (Å²) in [6, 6.07) is 5.49. The molecule has 0 fully saturated rings. The molecule has 0 unspecified atom stereocenters. The molecule has 1 rings (SSSR count). The number of halogens is 2. The highest BCUT2D eigenvalue weighted by Gasteiger charge is 1.99. The molecule has 0 amide bonds. The lowest BCUT2D eigenvalue weighted by atomic mass is 10.1. The average Bonchev–Trinajstić information content (AvgIpc) is 2.07. The first kappa shape index (κ1) is 9.85. The first-order chi connectivity index (χ1) is 5.74. The maximum absolute atomic E-state index is 5.93. The van der Waals surface area contributed by atoms with Gasteiger partial charge in [0, 0.05) is 10.0 Å². The predicted molar refractivity (Wildman–Crippen MR) is 53.8 cm³/mol. The number of hydrogen-bond acceptors (Lipinski definition) is 1. The van der Waals surface area contributed by atoms with Crippen molar-refractivity contribution in [3.63, 3.8) is 0 Å². The van der Waals surface area contributed by atoms with E-state index in [4.69, 9.17) is 28.9 Å². The van der Waals surface area contributed by atoms with Crippen molar-refractivity contribution >= 4 is 23.2 Å². The number of hydrogen-bond donors (Lipinski definition) is 1. The molecule has 0 aliphatic rings. The lowest BCUT2D eigenvalue weighted by Gasteiger charge is -2.02. The van der Waals surface area contributed by atoms with Crippen LogP contribution in [0.2, 0.25) is 10.0 Å². The first-order valence-corrected chi connectivity index (χ1v) is 4.63. The van der Waals surface area contributed by atoms with Crippen molar-refractivity contribution in [3.05, 3.63) is 33.8 Å². The van der Waals surface area contributed by atoms with Crippen molar-refractivity contribution < 1.29 is 0 Å². The fourth-order valence-corrected chi connectivity index (χ4v) is 1.43. The zero-order chi connectivity index (χ0) is 8.97. The fourth-order valence-electron chi connectivity index (χ4n) is 1.03. The van der Waals surface area contributed by atoms with Gasteiger partial charge in [-0.2, -0.15) is 0 Å². The van der Waals surface area contributed by atoms with Crippen molar-refractivity contribution in [2.24, 2.45) is 5.73 Å². The number of benzene rings is 1. The van der Waals surface area contributed by atoms with Crippen LogP contribution in [0.25, 0.3) is 0 Å². The summed E-state index contributed by atoms with van der Waals surface area (Å²) in [5, 5.41) is 1.50. The fraction of sp³-hybridized carbons (Fsp3) is 0.333. The molecule has 0 radical (unpaired) electrons. The third kappa shape index (κ3) is 2.67. The lowest BCUT2D eigenvalue weighted by molar-refractivity contribution is 0.833. The third-order valence-corrected chi connectivity index (χ3v) is 2.26. The van der Waals surface area contributed by atoms with Crippen LogP contribution in [0.4, 0.5) is 0 Å². The molecule has 12 heavy (non-hydrogen) atoms. The van der Waals surface area contributed by atoms with Crippen molar-refractivity contribution in [1.29, 1.82) is 0 Å². The Morgan fingerprint density at radius 2 is 2.00 bits per heavy atom. The number of aryl methyl sites for hydroxylation is 1. The largest absolute Gasteiger partial charge is 0.330 e. The van der Waals surface area contributed by atoms with E-state index < -0.39 is 0 Å². The summed E-state index contributed by atoms with van der Waals surface area (Å²) in [4.78, 5) is 0. The Balaban J connectivity index is 2.75. The molecule has 0 saturated carbocycles. The molecular formula is C9H11Cl2N. The monoisotopic (exact) mass is 203 g/mol. The Labute approximate surface area is 82.5 Å². The van der Waals surface area contributed by atoms with E-state index in [9.17, 15) is 0 Å². The average molecular weight is 204 g/mol. The molecule has 1 aromatic carbocycles. The quantitative estimate of drug-likeness (QED) is 0.804. The summed E-state index contributed by atoms with van der Waals surface area (Å²) in [5.41, 5.74) is 6.47. The third-order valence-electron chi connectivity index (χ3n) is 1.66. The van der Waals surface area contributed by atoms with Crippen molar-refractivity contribution in [2.45, 2.75) is 12.8 Å². The van der Waals surface area contributed by atoms with Gasteiger partial charge in [0.05, 0.1) is 0 Å². The van der Waals surface area contributed by atoms with E-state index in [0.29, 0.717) is 6.54 Å². The second kappa shape index (κ2) is 4.70. The van der Waals surface area contributed by atoms with Gasteiger partial charge in [-0.05, 0) is 43.1 Å². The summed E-state index contributed by atoms with van der Waals surface area (Å²) in [6.45, 7) is 0.683. The minimum atomic E-state index is 0.683. The Bertz CT molecular complexity index is 261. The molecule has 2 N–H and O–H groups in total. The van der Waals surface area contributed by atoms with Gasteiger partial charge in [-0.1, -0.05) is 23.2 Å². The minimum absolute atomic E-state index is 0.683. The highest BCUT2D eigenvalue weighted by molar-refractivity contribution is 6.33. The Kier molecular flexibility index (Phi) is 3.86. The molecular weight excluding hydrogens is 193 g/mol. The molecule has 1 aromatic rings. The van der Waals surface area contributed by atoms with Crippen LogP contribution in [0.3, 0.4) is 0 Å². The second-order valence-corrected chi connectivity index (χ2v) is 3.47. The van der Waals surface area contributed by atoms with E-state index in [1.54, 1.807) is 6.07 Å². The first-order valence-electron chi connectivity index (χ1n) is 3.88. The Hall–Kier alpha value is -0.240. The van der Waals surface area contributed by atoms with Crippen molar-refractivity contribution in [1.82, 2.24) is 0 Å². The number of rotatable bonds is 3. The zero-order valence-electron chi connectivity index (χ0n) is 6.69. The molecule has 0 saturated heterocycles. The van der Waals surface area contributed by atoms with Crippen molar-refractivity contribution in [2.75, 3.05) is 6.54 Å². The molecule has 1 nitrogen and oxygen atoms in total. The molecule has 0 atom stereocenters. The van der Waals surface area contributed by atoms with Gasteiger partial charge in [-0.25, -0.2) is 0 Å². The SMILES string of the molecule is NCCCc1cc(Cl)ccc1Cl. The molecule has 0 aliphatic carbocycles. The molecule has 0 aromatic heterocycles. The van der Waals surface area contributed by atoms with Crippen LogP contribution in [0.15, 0.2) is 18.2 Å². The van der Waals surface area contributed by atoms with Gasteiger partial charge in [0.15, 0.2) is 0 Å². The van der Waals surface area contributed by atoms with Crippen LogP contribution < -0.4 is 5.73 Å². The van der Waals surface area contributed by atoms with E-state index in [1.807, 2.05) is 12.1 Å². The van der Waals surface area contributed by atoms with Gasteiger partial charge in [0.1, 0.15) is 0 Å². The van der Waals surface area contributed by atoms with Crippen LogP contribution in [0, 0.1) is 0 Å². The van der Waals surface area contributed by atoms with Gasteiger partial charge < -0.3 is 5.73 Å². The van der Waals surface area contributed by atoms with Gasteiger partial charge in [0.25, 0.3) is 0 Å². The summed E-state index contributed by atoms with van der Waals surface area (Å²) >= 11 is 11.7. The molecule has 3 heteroatoms. The molecule has 66 valence electrons. The van der Waals surface area contributed by atoms with Gasteiger partial charge in [0.2, 0.25) is 0 Å². The van der Waals surface area contributed by atoms with Gasteiger partial charge in [-0.15, -0.1) is 0 Å². The lowest BCUT2D eigenvalue weighted by Crippen LogP contribution is -2.00. The van der Waals surface area contributed by atoms with Crippen molar-refractivity contribution in [3.8, 4) is 0 Å². The molecule has 0 spiro atoms. The second-order valence-electron chi connectivity index (χ2n) is 2.63. The highest BCUT2D eigenvalue weighted by atomic mass is 35.5. The van der Waals surface area contributed by atoms with E-state index in [0.717, 1.165) is 28.5 Å². The van der Waals surface area contributed by atoms with E-state index in [2.05, 4.69) is 0 Å². The maximum atomic E-state index is 5.93. The Morgan fingerprint density at radius 1 is 1.25 bits per heavy atom. The van der Waals surface area contributed by atoms with Crippen LogP contribution in [0.1, 0.15) is 12.0 Å². The van der Waals surface area contributed by atoms with Gasteiger partial charge in [-0.3, -0.25) is 0 Å². The van der Waals surface area contributed by atoms with Crippen LogP contribution in [-0.4, -0.2) is 6.54 Å². The normalized spacial score (nSPS) is 10.2. The van der Waals surface area contributed by atoms with Gasteiger partial charge >= 0.3 is 0 Å².